The molecule has 0 saturated carbocycles. The van der Waals surface area contributed by atoms with Crippen molar-refractivity contribution in [2.75, 3.05) is 13.2 Å². The third kappa shape index (κ3) is 4.24. The smallest absolute Gasteiger partial charge is 0.145 e. The molecule has 0 saturated heterocycles. The third-order valence-corrected chi connectivity index (χ3v) is 3.37. The summed E-state index contributed by atoms with van der Waals surface area (Å²) in [5, 5.41) is 9.86. The molecule has 0 bridgehead atoms. The van der Waals surface area contributed by atoms with Crippen LogP contribution in [0, 0.1) is 0 Å². The Morgan fingerprint density at radius 3 is 2.59 bits per heavy atom. The fraction of sp³-hybridized carbons (Fsp3) is 0.235. The van der Waals surface area contributed by atoms with E-state index in [0.717, 1.165) is 10.2 Å². The first-order chi connectivity index (χ1) is 10.6. The summed E-state index contributed by atoms with van der Waals surface area (Å²) >= 11 is 3.38. The second kappa shape index (κ2) is 7.84. The van der Waals surface area contributed by atoms with Crippen LogP contribution in [0.2, 0.25) is 0 Å². The van der Waals surface area contributed by atoms with Crippen LogP contribution in [0.3, 0.4) is 0 Å². The molecule has 0 heterocycles. The van der Waals surface area contributed by atoms with Gasteiger partial charge in [0.25, 0.3) is 0 Å². The van der Waals surface area contributed by atoms with Gasteiger partial charge < -0.3 is 14.6 Å². The second-order valence-corrected chi connectivity index (χ2v) is 5.37. The number of rotatable bonds is 6. The first-order valence-corrected chi connectivity index (χ1v) is 7.85. The molecule has 116 valence electrons. The van der Waals surface area contributed by atoms with Crippen molar-refractivity contribution < 1.29 is 14.6 Å². The number of nitrogens with zero attached hydrogens (tertiary/aromatic N) is 1. The molecule has 5 heteroatoms. The third-order valence-electron chi connectivity index (χ3n) is 2.87. The Hall–Kier alpha value is -2.01. The van der Waals surface area contributed by atoms with Gasteiger partial charge in [-0.15, -0.1) is 0 Å². The molecular weight excluding hydrogens is 346 g/mol. The van der Waals surface area contributed by atoms with E-state index in [1.54, 1.807) is 24.4 Å². The number of aliphatic imine (C=N–C) groups is 1. The van der Waals surface area contributed by atoms with Crippen LogP contribution in [0.25, 0.3) is 0 Å². The molecule has 2 aromatic carbocycles. The number of hydrogen-bond acceptors (Lipinski definition) is 4. The Morgan fingerprint density at radius 2 is 1.86 bits per heavy atom. The summed E-state index contributed by atoms with van der Waals surface area (Å²) in [6.45, 7) is 4.99. The van der Waals surface area contributed by atoms with E-state index in [1.165, 1.54) is 0 Å². The molecule has 1 N–H and O–H groups in total. The standard InChI is InChI=1S/C17H18BrNO3/c1-3-21-14-6-8-17(22-4-2)15(10-14)19-11-12-9-13(18)5-7-16(12)20/h5-11,20H,3-4H2,1-2H3. The summed E-state index contributed by atoms with van der Waals surface area (Å²) in [7, 11) is 0. The minimum atomic E-state index is 0.172. The molecule has 0 atom stereocenters. The Kier molecular flexibility index (Phi) is 5.83. The van der Waals surface area contributed by atoms with Crippen molar-refractivity contribution in [2.24, 2.45) is 4.99 Å². The predicted octanol–water partition coefficient (Wildman–Crippen LogP) is 4.70. The maximum atomic E-state index is 9.86. The molecule has 0 unspecified atom stereocenters. The molecule has 0 amide bonds. The summed E-state index contributed by atoms with van der Waals surface area (Å²) < 4.78 is 11.9. The summed E-state index contributed by atoms with van der Waals surface area (Å²) in [6, 6.07) is 10.7. The lowest BCUT2D eigenvalue weighted by molar-refractivity contribution is 0.331. The van der Waals surface area contributed by atoms with E-state index in [4.69, 9.17) is 9.47 Å². The van der Waals surface area contributed by atoms with Crippen molar-refractivity contribution in [1.82, 2.24) is 0 Å². The molecule has 0 radical (unpaired) electrons. The number of phenolic OH excluding ortho intramolecular Hbond substituents is 1. The summed E-state index contributed by atoms with van der Waals surface area (Å²) in [5.41, 5.74) is 1.28. The van der Waals surface area contributed by atoms with Gasteiger partial charge in [-0.2, -0.15) is 0 Å². The zero-order chi connectivity index (χ0) is 15.9. The zero-order valence-electron chi connectivity index (χ0n) is 12.5. The van der Waals surface area contributed by atoms with E-state index in [2.05, 4.69) is 20.9 Å². The number of phenols is 1. The highest BCUT2D eigenvalue weighted by Crippen LogP contribution is 2.32. The SMILES string of the molecule is CCOc1ccc(OCC)c(N=Cc2cc(Br)ccc2O)c1. The van der Waals surface area contributed by atoms with Gasteiger partial charge in [0, 0.05) is 22.3 Å². The number of hydrogen-bond donors (Lipinski definition) is 1. The van der Waals surface area contributed by atoms with E-state index in [0.29, 0.717) is 30.2 Å². The zero-order valence-corrected chi connectivity index (χ0v) is 14.1. The fourth-order valence-electron chi connectivity index (χ4n) is 1.90. The van der Waals surface area contributed by atoms with Crippen LogP contribution in [0.15, 0.2) is 45.9 Å². The normalized spacial score (nSPS) is 10.9. The molecule has 0 aliphatic carbocycles. The average Bonchev–Trinajstić information content (AvgIpc) is 2.51. The van der Waals surface area contributed by atoms with Gasteiger partial charge in [0.15, 0.2) is 0 Å². The van der Waals surface area contributed by atoms with Crippen molar-refractivity contribution in [3.05, 3.63) is 46.4 Å². The summed E-state index contributed by atoms with van der Waals surface area (Å²) in [5.74, 6) is 1.58. The minimum Gasteiger partial charge on any atom is -0.507 e. The van der Waals surface area contributed by atoms with Gasteiger partial charge in [-0.3, -0.25) is 4.99 Å². The molecule has 0 aromatic heterocycles. The lowest BCUT2D eigenvalue weighted by Gasteiger charge is -2.09. The van der Waals surface area contributed by atoms with Crippen LogP contribution >= 0.6 is 15.9 Å². The monoisotopic (exact) mass is 363 g/mol. The van der Waals surface area contributed by atoms with Crippen molar-refractivity contribution in [1.29, 1.82) is 0 Å². The van der Waals surface area contributed by atoms with Gasteiger partial charge in [0.05, 0.1) is 13.2 Å². The molecule has 0 fully saturated rings. The molecule has 0 spiro atoms. The Balaban J connectivity index is 2.34. The van der Waals surface area contributed by atoms with Crippen molar-refractivity contribution in [3.8, 4) is 17.2 Å². The first kappa shape index (κ1) is 16.4. The summed E-state index contributed by atoms with van der Waals surface area (Å²) in [6.07, 6.45) is 1.60. The van der Waals surface area contributed by atoms with Gasteiger partial charge in [0.1, 0.15) is 22.9 Å². The molecule has 22 heavy (non-hydrogen) atoms. The first-order valence-electron chi connectivity index (χ1n) is 7.06. The van der Waals surface area contributed by atoms with Crippen molar-refractivity contribution in [2.45, 2.75) is 13.8 Å². The van der Waals surface area contributed by atoms with Crippen LogP contribution in [-0.4, -0.2) is 24.5 Å². The Labute approximate surface area is 138 Å². The lowest BCUT2D eigenvalue weighted by atomic mass is 10.2. The quantitative estimate of drug-likeness (QED) is 0.756. The van der Waals surface area contributed by atoms with E-state index in [-0.39, 0.29) is 5.75 Å². The molecule has 2 aromatic rings. The van der Waals surface area contributed by atoms with Gasteiger partial charge in [-0.05, 0) is 44.2 Å². The maximum absolute atomic E-state index is 9.86. The number of benzene rings is 2. The highest BCUT2D eigenvalue weighted by molar-refractivity contribution is 9.10. The van der Waals surface area contributed by atoms with Crippen LogP contribution in [0.4, 0.5) is 5.69 Å². The van der Waals surface area contributed by atoms with Gasteiger partial charge in [-0.25, -0.2) is 0 Å². The Morgan fingerprint density at radius 1 is 1.09 bits per heavy atom. The molecular formula is C17H18BrNO3. The van der Waals surface area contributed by atoms with Crippen LogP contribution < -0.4 is 9.47 Å². The molecule has 0 aliphatic rings. The van der Waals surface area contributed by atoms with E-state index in [9.17, 15) is 5.11 Å². The fourth-order valence-corrected chi connectivity index (χ4v) is 2.28. The van der Waals surface area contributed by atoms with E-state index >= 15 is 0 Å². The largest absolute Gasteiger partial charge is 0.507 e. The highest BCUT2D eigenvalue weighted by atomic mass is 79.9. The van der Waals surface area contributed by atoms with Crippen molar-refractivity contribution >= 4 is 27.8 Å². The van der Waals surface area contributed by atoms with Gasteiger partial charge >= 0.3 is 0 Å². The van der Waals surface area contributed by atoms with Crippen LogP contribution in [-0.2, 0) is 0 Å². The predicted molar refractivity (Wildman–Crippen MR) is 91.8 cm³/mol. The molecule has 4 nitrogen and oxygen atoms in total. The van der Waals surface area contributed by atoms with Crippen molar-refractivity contribution in [3.63, 3.8) is 0 Å². The molecule has 0 aliphatic heterocycles. The van der Waals surface area contributed by atoms with E-state index < -0.39 is 0 Å². The topological polar surface area (TPSA) is 51.0 Å². The highest BCUT2D eigenvalue weighted by Gasteiger charge is 2.05. The lowest BCUT2D eigenvalue weighted by Crippen LogP contribution is -1.94. The van der Waals surface area contributed by atoms with E-state index in [1.807, 2.05) is 32.0 Å². The number of halogens is 1. The number of ether oxygens (including phenoxy) is 2. The van der Waals surface area contributed by atoms with Gasteiger partial charge in [0.2, 0.25) is 0 Å². The minimum absolute atomic E-state index is 0.172. The van der Waals surface area contributed by atoms with Crippen LogP contribution in [0.1, 0.15) is 19.4 Å². The average molecular weight is 364 g/mol. The second-order valence-electron chi connectivity index (χ2n) is 4.46. The van der Waals surface area contributed by atoms with Crippen LogP contribution in [0.5, 0.6) is 17.2 Å². The van der Waals surface area contributed by atoms with Gasteiger partial charge in [-0.1, -0.05) is 15.9 Å². The maximum Gasteiger partial charge on any atom is 0.145 e. The summed E-state index contributed by atoms with van der Waals surface area (Å²) in [4.78, 5) is 4.43. The Bertz CT molecular complexity index is 671. The number of aromatic hydroxyl groups is 1. The molecule has 2 rings (SSSR count).